The highest BCUT2D eigenvalue weighted by atomic mass is 32.1. The zero-order chi connectivity index (χ0) is 18.0. The Hall–Kier alpha value is -2.54. The Labute approximate surface area is 156 Å². The number of carbonyl (C=O) groups is 2. The standard InChI is InChI=1S/C19H20N4O2S/c24-17(4-3-16-2-1-11-26-16)22-8-5-19(6-9-22)7-10-23(18(19)25)15-12-20-14-21-13-15/h1-4,11-14H,5-10H2/b4-3+. The summed E-state index contributed by atoms with van der Waals surface area (Å²) in [6.07, 6.45) is 10.6. The van der Waals surface area contributed by atoms with Crippen molar-refractivity contribution in [3.8, 4) is 0 Å². The summed E-state index contributed by atoms with van der Waals surface area (Å²) in [5, 5.41) is 1.99. The number of nitrogens with zero attached hydrogens (tertiary/aromatic N) is 4. The van der Waals surface area contributed by atoms with Gasteiger partial charge in [0.05, 0.1) is 23.5 Å². The average Bonchev–Trinajstić information content (AvgIpc) is 3.31. The molecule has 0 aromatic carbocycles. The molecule has 2 fully saturated rings. The van der Waals surface area contributed by atoms with Gasteiger partial charge in [-0.15, -0.1) is 11.3 Å². The molecule has 2 aromatic heterocycles. The van der Waals surface area contributed by atoms with Crippen molar-refractivity contribution in [2.24, 2.45) is 5.41 Å². The summed E-state index contributed by atoms with van der Waals surface area (Å²) >= 11 is 1.61. The van der Waals surface area contributed by atoms with Gasteiger partial charge in [-0.3, -0.25) is 9.59 Å². The van der Waals surface area contributed by atoms with E-state index in [-0.39, 0.29) is 17.2 Å². The average molecular weight is 368 g/mol. The number of hydrogen-bond donors (Lipinski definition) is 0. The molecule has 4 rings (SSSR count). The first-order valence-corrected chi connectivity index (χ1v) is 9.63. The Balaban J connectivity index is 1.39. The normalized spacial score (nSPS) is 19.6. The van der Waals surface area contributed by atoms with Crippen LogP contribution in [0.25, 0.3) is 6.08 Å². The Morgan fingerprint density at radius 3 is 2.58 bits per heavy atom. The maximum atomic E-state index is 13.0. The molecule has 2 saturated heterocycles. The van der Waals surface area contributed by atoms with E-state index in [9.17, 15) is 9.59 Å². The lowest BCUT2D eigenvalue weighted by Gasteiger charge is -2.37. The van der Waals surface area contributed by atoms with E-state index in [2.05, 4.69) is 9.97 Å². The number of anilines is 1. The summed E-state index contributed by atoms with van der Waals surface area (Å²) in [6.45, 7) is 1.94. The zero-order valence-corrected chi connectivity index (χ0v) is 15.2. The smallest absolute Gasteiger partial charge is 0.246 e. The summed E-state index contributed by atoms with van der Waals surface area (Å²) in [7, 11) is 0. The third-order valence-corrected chi connectivity index (χ3v) is 6.17. The predicted octanol–water partition coefficient (Wildman–Crippen LogP) is 2.60. The van der Waals surface area contributed by atoms with Crippen LogP contribution in [0.4, 0.5) is 5.69 Å². The molecule has 0 bridgehead atoms. The summed E-state index contributed by atoms with van der Waals surface area (Å²) < 4.78 is 0. The highest BCUT2D eigenvalue weighted by Gasteiger charge is 2.48. The molecule has 1 spiro atoms. The van der Waals surface area contributed by atoms with E-state index in [1.165, 1.54) is 6.33 Å². The van der Waals surface area contributed by atoms with Gasteiger partial charge in [0, 0.05) is 30.6 Å². The van der Waals surface area contributed by atoms with E-state index in [1.807, 2.05) is 28.5 Å². The van der Waals surface area contributed by atoms with Gasteiger partial charge < -0.3 is 9.80 Å². The highest BCUT2D eigenvalue weighted by Crippen LogP contribution is 2.42. The summed E-state index contributed by atoms with van der Waals surface area (Å²) in [5.41, 5.74) is 0.413. The summed E-state index contributed by atoms with van der Waals surface area (Å²) in [5.74, 6) is 0.167. The number of carbonyl (C=O) groups excluding carboxylic acids is 2. The lowest BCUT2D eigenvalue weighted by atomic mass is 9.77. The molecule has 0 saturated carbocycles. The van der Waals surface area contributed by atoms with Crippen LogP contribution >= 0.6 is 11.3 Å². The number of likely N-dealkylation sites (tertiary alicyclic amines) is 1. The molecule has 2 aromatic rings. The van der Waals surface area contributed by atoms with Crippen molar-refractivity contribution in [3.05, 3.63) is 47.2 Å². The monoisotopic (exact) mass is 368 g/mol. The molecule has 0 N–H and O–H groups in total. The fourth-order valence-electron chi connectivity index (χ4n) is 3.76. The molecule has 134 valence electrons. The highest BCUT2D eigenvalue weighted by molar-refractivity contribution is 7.10. The van der Waals surface area contributed by atoms with Gasteiger partial charge in [-0.05, 0) is 36.8 Å². The predicted molar refractivity (Wildman–Crippen MR) is 101 cm³/mol. The van der Waals surface area contributed by atoms with E-state index in [4.69, 9.17) is 0 Å². The van der Waals surface area contributed by atoms with Gasteiger partial charge >= 0.3 is 0 Å². The molecular weight excluding hydrogens is 348 g/mol. The molecule has 6 nitrogen and oxygen atoms in total. The second kappa shape index (κ2) is 6.99. The van der Waals surface area contributed by atoms with Crippen molar-refractivity contribution < 1.29 is 9.59 Å². The van der Waals surface area contributed by atoms with Crippen LogP contribution in [0, 0.1) is 5.41 Å². The van der Waals surface area contributed by atoms with E-state index < -0.39 is 0 Å². The van der Waals surface area contributed by atoms with Gasteiger partial charge in [-0.1, -0.05) is 6.07 Å². The maximum Gasteiger partial charge on any atom is 0.246 e. The molecular formula is C19H20N4O2S. The Bertz CT molecular complexity index is 811. The molecule has 2 aliphatic rings. The largest absolute Gasteiger partial charge is 0.339 e. The summed E-state index contributed by atoms with van der Waals surface area (Å²) in [6, 6.07) is 3.95. The van der Waals surface area contributed by atoms with E-state index in [0.29, 0.717) is 32.5 Å². The van der Waals surface area contributed by atoms with Crippen molar-refractivity contribution in [2.45, 2.75) is 19.3 Å². The fraction of sp³-hybridized carbons (Fsp3) is 0.368. The number of hydrogen-bond acceptors (Lipinski definition) is 5. The van der Waals surface area contributed by atoms with Gasteiger partial charge in [0.2, 0.25) is 11.8 Å². The number of aromatic nitrogens is 2. The van der Waals surface area contributed by atoms with Gasteiger partial charge in [-0.25, -0.2) is 9.97 Å². The van der Waals surface area contributed by atoms with Crippen LogP contribution in [0.1, 0.15) is 24.1 Å². The first kappa shape index (κ1) is 16.9. The van der Waals surface area contributed by atoms with Gasteiger partial charge in [0.1, 0.15) is 6.33 Å². The fourth-order valence-corrected chi connectivity index (χ4v) is 4.38. The molecule has 7 heteroatoms. The quantitative estimate of drug-likeness (QED) is 0.781. The SMILES string of the molecule is O=C(/C=C/c1cccs1)N1CCC2(CC1)CCN(c1cncnc1)C2=O. The van der Waals surface area contributed by atoms with Crippen LogP contribution in [-0.2, 0) is 9.59 Å². The third-order valence-electron chi connectivity index (χ3n) is 5.34. The van der Waals surface area contributed by atoms with Crippen molar-refractivity contribution in [2.75, 3.05) is 24.5 Å². The van der Waals surface area contributed by atoms with E-state index in [0.717, 1.165) is 17.0 Å². The van der Waals surface area contributed by atoms with Crippen LogP contribution in [0.15, 0.2) is 42.3 Å². The molecule has 26 heavy (non-hydrogen) atoms. The molecule has 0 atom stereocenters. The minimum absolute atomic E-state index is 0.0204. The number of thiophene rings is 1. The van der Waals surface area contributed by atoms with Crippen LogP contribution in [0.3, 0.4) is 0 Å². The maximum absolute atomic E-state index is 13.0. The van der Waals surface area contributed by atoms with Gasteiger partial charge in [0.15, 0.2) is 0 Å². The molecule has 2 amide bonds. The van der Waals surface area contributed by atoms with E-state index >= 15 is 0 Å². The number of rotatable bonds is 3. The summed E-state index contributed by atoms with van der Waals surface area (Å²) in [4.78, 5) is 38.1. The zero-order valence-electron chi connectivity index (χ0n) is 14.4. The van der Waals surface area contributed by atoms with Crippen LogP contribution in [0.5, 0.6) is 0 Å². The number of amides is 2. The Kier molecular flexibility index (Phi) is 4.55. The molecule has 4 heterocycles. The van der Waals surface area contributed by atoms with Gasteiger partial charge in [-0.2, -0.15) is 0 Å². The van der Waals surface area contributed by atoms with Gasteiger partial charge in [0.25, 0.3) is 0 Å². The first-order chi connectivity index (χ1) is 12.7. The van der Waals surface area contributed by atoms with Crippen LogP contribution in [-0.4, -0.2) is 46.3 Å². The minimum atomic E-state index is -0.343. The first-order valence-electron chi connectivity index (χ1n) is 8.75. The third kappa shape index (κ3) is 3.14. The van der Waals surface area contributed by atoms with Crippen molar-refractivity contribution in [1.82, 2.24) is 14.9 Å². The van der Waals surface area contributed by atoms with Crippen molar-refractivity contribution in [3.63, 3.8) is 0 Å². The Morgan fingerprint density at radius 2 is 1.88 bits per heavy atom. The topological polar surface area (TPSA) is 66.4 Å². The lowest BCUT2D eigenvalue weighted by molar-refractivity contribution is -0.134. The number of piperidine rings is 1. The minimum Gasteiger partial charge on any atom is -0.339 e. The van der Waals surface area contributed by atoms with Crippen LogP contribution in [0.2, 0.25) is 0 Å². The van der Waals surface area contributed by atoms with Crippen LogP contribution < -0.4 is 4.90 Å². The second-order valence-corrected chi connectivity index (χ2v) is 7.74. The van der Waals surface area contributed by atoms with Crippen molar-refractivity contribution >= 4 is 34.9 Å². The lowest BCUT2D eigenvalue weighted by Crippen LogP contribution is -2.46. The Morgan fingerprint density at radius 1 is 1.15 bits per heavy atom. The molecule has 0 radical (unpaired) electrons. The molecule has 2 aliphatic heterocycles. The molecule has 0 aliphatic carbocycles. The second-order valence-electron chi connectivity index (χ2n) is 6.76. The molecule has 0 unspecified atom stereocenters. The van der Waals surface area contributed by atoms with E-state index in [1.54, 1.807) is 34.7 Å². The van der Waals surface area contributed by atoms with Crippen molar-refractivity contribution in [1.29, 1.82) is 0 Å².